The van der Waals surface area contributed by atoms with E-state index < -0.39 is 51.8 Å². The highest BCUT2D eigenvalue weighted by Gasteiger charge is 2.27. The number of hydrogen-bond acceptors (Lipinski definition) is 9. The van der Waals surface area contributed by atoms with Crippen LogP contribution >= 0.6 is 7.82 Å². The van der Waals surface area contributed by atoms with Gasteiger partial charge in [-0.1, -0.05) is 153 Å². The van der Waals surface area contributed by atoms with Gasteiger partial charge in [0.25, 0.3) is 0 Å². The first-order chi connectivity index (χ1) is 25.7. The topological polar surface area (TPSA) is 149 Å². The average molecular weight is 773 g/mol. The number of aliphatic hydroxyl groups excluding tert-OH is 2. The molecular formula is C42H77O10P. The molecular weight excluding hydrogens is 695 g/mol. The van der Waals surface area contributed by atoms with Gasteiger partial charge >= 0.3 is 19.8 Å². The van der Waals surface area contributed by atoms with E-state index in [4.69, 9.17) is 19.1 Å². The number of aliphatic hydroxyl groups is 2. The van der Waals surface area contributed by atoms with E-state index in [-0.39, 0.29) is 19.4 Å². The van der Waals surface area contributed by atoms with E-state index >= 15 is 0 Å². The first-order valence-corrected chi connectivity index (χ1v) is 22.4. The van der Waals surface area contributed by atoms with Gasteiger partial charge in [0.1, 0.15) is 12.7 Å². The fourth-order valence-corrected chi connectivity index (χ4v) is 6.32. The molecule has 0 bridgehead atoms. The second kappa shape index (κ2) is 38.5. The Labute approximate surface area is 322 Å². The monoisotopic (exact) mass is 773 g/mol. The minimum Gasteiger partial charge on any atom is -0.462 e. The van der Waals surface area contributed by atoms with E-state index in [1.807, 2.05) is 0 Å². The molecule has 0 spiro atoms. The smallest absolute Gasteiger partial charge is 0.462 e. The minimum absolute atomic E-state index is 0.179. The molecule has 0 aliphatic heterocycles. The molecule has 11 heteroatoms. The second-order valence-corrected chi connectivity index (χ2v) is 15.5. The number of unbranched alkanes of at least 4 members (excludes halogenated alkanes) is 19. The molecule has 0 aromatic carbocycles. The summed E-state index contributed by atoms with van der Waals surface area (Å²) < 4.78 is 32.6. The van der Waals surface area contributed by atoms with Crippen LogP contribution in [0.1, 0.15) is 181 Å². The van der Waals surface area contributed by atoms with Gasteiger partial charge in [-0.2, -0.15) is 0 Å². The van der Waals surface area contributed by atoms with Crippen LogP contribution in [0.25, 0.3) is 0 Å². The first-order valence-electron chi connectivity index (χ1n) is 20.9. The van der Waals surface area contributed by atoms with E-state index in [1.54, 1.807) is 0 Å². The third-order valence-electron chi connectivity index (χ3n) is 8.80. The quantitative estimate of drug-likeness (QED) is 0.0238. The summed E-state index contributed by atoms with van der Waals surface area (Å²) in [4.78, 5) is 34.9. The van der Waals surface area contributed by atoms with Crippen molar-refractivity contribution < 1.29 is 47.8 Å². The van der Waals surface area contributed by atoms with Crippen molar-refractivity contribution in [3.05, 3.63) is 36.5 Å². The van der Waals surface area contributed by atoms with Crippen LogP contribution in [0.5, 0.6) is 0 Å². The lowest BCUT2D eigenvalue weighted by atomic mass is 10.0. The number of carbonyl (C=O) groups is 2. The number of esters is 2. The Balaban J connectivity index is 4.37. The summed E-state index contributed by atoms with van der Waals surface area (Å²) in [5, 5.41) is 18.3. The van der Waals surface area contributed by atoms with E-state index in [0.717, 1.165) is 51.4 Å². The number of ether oxygens (including phenoxy) is 2. The summed E-state index contributed by atoms with van der Waals surface area (Å²) in [6.45, 7) is 2.31. The molecule has 0 saturated carbocycles. The highest BCUT2D eigenvalue weighted by Crippen LogP contribution is 2.43. The minimum atomic E-state index is -4.62. The number of phosphoric acid groups is 1. The molecule has 0 heterocycles. The number of rotatable bonds is 39. The summed E-state index contributed by atoms with van der Waals surface area (Å²) in [5.74, 6) is -0.966. The zero-order valence-corrected chi connectivity index (χ0v) is 34.4. The third kappa shape index (κ3) is 38.3. The van der Waals surface area contributed by atoms with Crippen LogP contribution in [-0.2, 0) is 32.7 Å². The standard InChI is InChI=1S/C42H77O10P/c1-3-5-7-9-11-13-15-17-19-21-23-25-27-29-31-33-41(45)49-37-40(38-51-53(47,48)50-36-39(44)35-43)52-42(46)34-32-30-28-26-24-22-20-18-16-14-12-10-8-6-4-2/h11,13,17,19,23,25,39-40,43-44H,3-10,12,14-16,18,20-22,24,26-38H2,1-2H3,(H,47,48)/t39-,40+/m0/s1. The molecule has 3 atom stereocenters. The van der Waals surface area contributed by atoms with Crippen LogP contribution in [0.4, 0.5) is 0 Å². The van der Waals surface area contributed by atoms with Gasteiger partial charge in [0.2, 0.25) is 0 Å². The molecule has 0 aromatic rings. The van der Waals surface area contributed by atoms with Crippen LogP contribution in [0.3, 0.4) is 0 Å². The van der Waals surface area contributed by atoms with Crippen molar-refractivity contribution in [3.63, 3.8) is 0 Å². The summed E-state index contributed by atoms with van der Waals surface area (Å²) in [5.41, 5.74) is 0. The molecule has 10 nitrogen and oxygen atoms in total. The third-order valence-corrected chi connectivity index (χ3v) is 9.75. The summed E-state index contributed by atoms with van der Waals surface area (Å²) in [6, 6.07) is 0. The number of allylic oxidation sites excluding steroid dienone is 6. The fourth-order valence-electron chi connectivity index (χ4n) is 5.53. The number of hydrogen-bond donors (Lipinski definition) is 3. The number of phosphoric ester groups is 1. The molecule has 0 aliphatic carbocycles. The average Bonchev–Trinajstić information content (AvgIpc) is 3.14. The maximum Gasteiger partial charge on any atom is 0.472 e. The molecule has 0 saturated heterocycles. The largest absolute Gasteiger partial charge is 0.472 e. The fraction of sp³-hybridized carbons (Fsp3) is 0.810. The van der Waals surface area contributed by atoms with Crippen molar-refractivity contribution in [1.82, 2.24) is 0 Å². The Hall–Kier alpha value is -1.81. The molecule has 0 radical (unpaired) electrons. The predicted molar refractivity (Wildman–Crippen MR) is 214 cm³/mol. The Kier molecular flexibility index (Phi) is 37.2. The van der Waals surface area contributed by atoms with Crippen molar-refractivity contribution in [1.29, 1.82) is 0 Å². The van der Waals surface area contributed by atoms with Crippen molar-refractivity contribution >= 4 is 19.8 Å². The van der Waals surface area contributed by atoms with E-state index in [1.165, 1.54) is 89.9 Å². The normalized spacial score (nSPS) is 14.3. The van der Waals surface area contributed by atoms with Crippen molar-refractivity contribution in [2.45, 2.75) is 193 Å². The van der Waals surface area contributed by atoms with Crippen LogP contribution < -0.4 is 0 Å². The molecule has 310 valence electrons. The Morgan fingerprint density at radius 2 is 0.981 bits per heavy atom. The number of carbonyl (C=O) groups excluding carboxylic acids is 2. The highest BCUT2D eigenvalue weighted by atomic mass is 31.2. The maximum atomic E-state index is 12.6. The molecule has 0 amide bonds. The van der Waals surface area contributed by atoms with Gasteiger partial charge in [-0.15, -0.1) is 0 Å². The van der Waals surface area contributed by atoms with Gasteiger partial charge in [-0.3, -0.25) is 18.6 Å². The molecule has 0 aromatic heterocycles. The lowest BCUT2D eigenvalue weighted by Gasteiger charge is -2.20. The van der Waals surface area contributed by atoms with E-state index in [9.17, 15) is 24.2 Å². The summed E-state index contributed by atoms with van der Waals surface area (Å²) >= 11 is 0. The van der Waals surface area contributed by atoms with Crippen LogP contribution in [-0.4, -0.2) is 65.7 Å². The lowest BCUT2D eigenvalue weighted by molar-refractivity contribution is -0.161. The zero-order chi connectivity index (χ0) is 39.1. The second-order valence-electron chi connectivity index (χ2n) is 14.0. The Morgan fingerprint density at radius 1 is 0.566 bits per heavy atom. The van der Waals surface area contributed by atoms with E-state index in [2.05, 4.69) is 54.8 Å². The molecule has 0 aliphatic rings. The Morgan fingerprint density at radius 3 is 1.51 bits per heavy atom. The maximum absolute atomic E-state index is 12.6. The lowest BCUT2D eigenvalue weighted by Crippen LogP contribution is -2.29. The molecule has 1 unspecified atom stereocenters. The van der Waals surface area contributed by atoms with Gasteiger partial charge in [0.05, 0.1) is 19.8 Å². The Bertz CT molecular complexity index is 983. The van der Waals surface area contributed by atoms with Crippen molar-refractivity contribution in [2.24, 2.45) is 0 Å². The molecule has 53 heavy (non-hydrogen) atoms. The summed E-state index contributed by atoms with van der Waals surface area (Å²) in [7, 11) is -4.62. The van der Waals surface area contributed by atoms with Gasteiger partial charge in [-0.25, -0.2) is 4.57 Å². The van der Waals surface area contributed by atoms with Crippen molar-refractivity contribution in [2.75, 3.05) is 26.4 Å². The SMILES string of the molecule is CCCCCC=CCC=CCC=CCCCCC(=O)OC[C@H](COP(=O)(O)OC[C@@H](O)CO)OC(=O)CCCCCCCCCCCCCCCCC. The molecule has 3 N–H and O–H groups in total. The first kappa shape index (κ1) is 51.2. The van der Waals surface area contributed by atoms with Crippen LogP contribution in [0.2, 0.25) is 0 Å². The van der Waals surface area contributed by atoms with Crippen LogP contribution in [0.15, 0.2) is 36.5 Å². The van der Waals surface area contributed by atoms with Gasteiger partial charge < -0.3 is 24.6 Å². The van der Waals surface area contributed by atoms with Crippen LogP contribution in [0, 0.1) is 0 Å². The predicted octanol–water partition coefficient (Wildman–Crippen LogP) is 10.8. The van der Waals surface area contributed by atoms with Crippen molar-refractivity contribution in [3.8, 4) is 0 Å². The van der Waals surface area contributed by atoms with E-state index in [0.29, 0.717) is 12.8 Å². The van der Waals surface area contributed by atoms with Gasteiger partial charge in [0.15, 0.2) is 6.10 Å². The zero-order valence-electron chi connectivity index (χ0n) is 33.5. The van der Waals surface area contributed by atoms with Gasteiger partial charge in [-0.05, 0) is 51.4 Å². The van der Waals surface area contributed by atoms with Gasteiger partial charge in [0, 0.05) is 12.8 Å². The molecule has 0 fully saturated rings. The highest BCUT2D eigenvalue weighted by molar-refractivity contribution is 7.47. The summed E-state index contributed by atoms with van der Waals surface area (Å²) in [6.07, 6.45) is 38.2. The molecule has 0 rings (SSSR count).